The van der Waals surface area contributed by atoms with Crippen molar-refractivity contribution < 1.29 is 18.3 Å². The second-order valence-electron chi connectivity index (χ2n) is 3.12. The minimum Gasteiger partial charge on any atom is -0.549 e. The zero-order valence-corrected chi connectivity index (χ0v) is 9.61. The van der Waals surface area contributed by atoms with Gasteiger partial charge in [-0.2, -0.15) is 4.31 Å². The Kier molecular flexibility index (Phi) is 4.03. The molecule has 0 saturated heterocycles. The number of likely N-dealkylation sites (N-methyl/N-ethyl adjacent to an activating group) is 1. The number of carboxylic acids is 1. The summed E-state index contributed by atoms with van der Waals surface area (Å²) in [4.78, 5) is 10.5. The number of rotatable bonds is 5. The predicted octanol–water partition coefficient (Wildman–Crippen LogP) is -0.553. The molecule has 0 amide bonds. The summed E-state index contributed by atoms with van der Waals surface area (Å²) in [7, 11) is -3.73. The van der Waals surface area contributed by atoms with Crippen molar-refractivity contribution >= 4 is 16.0 Å². The zero-order chi connectivity index (χ0) is 12.2. The number of aliphatic carboxylic acids is 1. The zero-order valence-electron chi connectivity index (χ0n) is 8.79. The summed E-state index contributed by atoms with van der Waals surface area (Å²) in [6.07, 6.45) is 0. The molecular weight excluding hydrogens is 230 g/mol. The van der Waals surface area contributed by atoms with E-state index in [2.05, 4.69) is 0 Å². The third-order valence-corrected chi connectivity index (χ3v) is 3.97. The van der Waals surface area contributed by atoms with Crippen LogP contribution in [0.25, 0.3) is 0 Å². The van der Waals surface area contributed by atoms with Crippen LogP contribution in [0.3, 0.4) is 0 Å². The van der Waals surface area contributed by atoms with Gasteiger partial charge in [0.15, 0.2) is 0 Å². The maximum absolute atomic E-state index is 11.9. The van der Waals surface area contributed by atoms with Crippen LogP contribution >= 0.6 is 0 Å². The van der Waals surface area contributed by atoms with Crippen molar-refractivity contribution in [1.29, 1.82) is 0 Å². The van der Waals surface area contributed by atoms with Gasteiger partial charge in [0.05, 0.1) is 17.4 Å². The van der Waals surface area contributed by atoms with E-state index in [1.54, 1.807) is 25.1 Å². The molecule has 5 nitrogen and oxygen atoms in total. The number of hydrogen-bond acceptors (Lipinski definition) is 4. The number of sulfonamides is 1. The smallest absolute Gasteiger partial charge is 0.243 e. The lowest BCUT2D eigenvalue weighted by molar-refractivity contribution is -0.305. The van der Waals surface area contributed by atoms with Gasteiger partial charge in [-0.3, -0.25) is 0 Å². The summed E-state index contributed by atoms with van der Waals surface area (Å²) in [5, 5.41) is 10.4. The topological polar surface area (TPSA) is 77.5 Å². The highest BCUT2D eigenvalue weighted by Crippen LogP contribution is 2.14. The van der Waals surface area contributed by atoms with Crippen LogP contribution in [0.1, 0.15) is 6.92 Å². The molecule has 0 heterocycles. The number of carboxylic acid groups (broad SMARTS) is 1. The monoisotopic (exact) mass is 242 g/mol. The lowest BCUT2D eigenvalue weighted by Gasteiger charge is -2.20. The van der Waals surface area contributed by atoms with Gasteiger partial charge in [0.1, 0.15) is 0 Å². The van der Waals surface area contributed by atoms with Crippen LogP contribution in [-0.4, -0.2) is 31.8 Å². The van der Waals surface area contributed by atoms with Gasteiger partial charge in [0.2, 0.25) is 10.0 Å². The first kappa shape index (κ1) is 12.7. The molecule has 0 aliphatic carbocycles. The Morgan fingerprint density at radius 2 is 1.88 bits per heavy atom. The summed E-state index contributed by atoms with van der Waals surface area (Å²) in [6, 6.07) is 7.70. The largest absolute Gasteiger partial charge is 0.549 e. The molecule has 1 aromatic carbocycles. The van der Waals surface area contributed by atoms with Gasteiger partial charge in [-0.1, -0.05) is 25.1 Å². The van der Waals surface area contributed by atoms with Gasteiger partial charge in [0, 0.05) is 6.54 Å². The van der Waals surface area contributed by atoms with Crippen LogP contribution in [0.2, 0.25) is 0 Å². The second-order valence-corrected chi connectivity index (χ2v) is 5.05. The Morgan fingerprint density at radius 1 is 1.31 bits per heavy atom. The third-order valence-electron chi connectivity index (χ3n) is 2.04. The average Bonchev–Trinajstić information content (AvgIpc) is 2.26. The van der Waals surface area contributed by atoms with Crippen LogP contribution in [0, 0.1) is 0 Å². The molecule has 88 valence electrons. The predicted molar refractivity (Wildman–Crippen MR) is 55.9 cm³/mol. The van der Waals surface area contributed by atoms with Crippen molar-refractivity contribution in [1.82, 2.24) is 4.31 Å². The molecular formula is C10H12NO4S-. The fraction of sp³-hybridized carbons (Fsp3) is 0.300. The molecule has 0 aromatic heterocycles. The molecule has 0 atom stereocenters. The van der Waals surface area contributed by atoms with E-state index < -0.39 is 22.5 Å². The SMILES string of the molecule is CCN(CC(=O)[O-])S(=O)(=O)c1ccccc1. The van der Waals surface area contributed by atoms with Crippen molar-refractivity contribution in [2.24, 2.45) is 0 Å². The fourth-order valence-corrected chi connectivity index (χ4v) is 2.67. The average molecular weight is 242 g/mol. The lowest BCUT2D eigenvalue weighted by atomic mass is 10.4. The van der Waals surface area contributed by atoms with Crippen LogP contribution < -0.4 is 5.11 Å². The highest BCUT2D eigenvalue weighted by atomic mass is 32.2. The number of hydrogen-bond donors (Lipinski definition) is 0. The molecule has 0 bridgehead atoms. The summed E-state index contributed by atoms with van der Waals surface area (Å²) in [6.45, 7) is 1.03. The summed E-state index contributed by atoms with van der Waals surface area (Å²) in [5.41, 5.74) is 0. The molecule has 0 aliphatic heterocycles. The molecule has 0 fully saturated rings. The highest BCUT2D eigenvalue weighted by Gasteiger charge is 2.22. The quantitative estimate of drug-likeness (QED) is 0.694. The Bertz CT molecular complexity index is 455. The Morgan fingerprint density at radius 3 is 2.31 bits per heavy atom. The summed E-state index contributed by atoms with van der Waals surface area (Å²) < 4.78 is 24.7. The van der Waals surface area contributed by atoms with E-state index in [9.17, 15) is 18.3 Å². The molecule has 1 aromatic rings. The number of carbonyl (C=O) groups excluding carboxylic acids is 1. The molecule has 6 heteroatoms. The lowest BCUT2D eigenvalue weighted by Crippen LogP contribution is -2.41. The van der Waals surface area contributed by atoms with E-state index in [4.69, 9.17) is 0 Å². The van der Waals surface area contributed by atoms with Gasteiger partial charge in [-0.05, 0) is 12.1 Å². The van der Waals surface area contributed by atoms with E-state index in [0.29, 0.717) is 0 Å². The first-order chi connectivity index (χ1) is 7.48. The van der Waals surface area contributed by atoms with Crippen molar-refractivity contribution in [3.05, 3.63) is 30.3 Å². The Balaban J connectivity index is 3.05. The van der Waals surface area contributed by atoms with E-state index in [1.807, 2.05) is 0 Å². The van der Waals surface area contributed by atoms with Gasteiger partial charge in [0.25, 0.3) is 0 Å². The maximum Gasteiger partial charge on any atom is 0.243 e. The molecule has 0 aliphatic rings. The van der Waals surface area contributed by atoms with Gasteiger partial charge < -0.3 is 9.90 Å². The standard InChI is InChI=1S/C10H13NO4S/c1-2-11(8-10(12)13)16(14,15)9-6-4-3-5-7-9/h3-7H,2,8H2,1H3,(H,12,13)/p-1. The number of carbonyl (C=O) groups is 1. The molecule has 0 unspecified atom stereocenters. The maximum atomic E-state index is 11.9. The van der Waals surface area contributed by atoms with E-state index in [0.717, 1.165) is 4.31 Å². The van der Waals surface area contributed by atoms with Crippen molar-refractivity contribution in [2.45, 2.75) is 11.8 Å². The Hall–Kier alpha value is -1.40. The van der Waals surface area contributed by atoms with Crippen molar-refractivity contribution in [3.63, 3.8) is 0 Å². The van der Waals surface area contributed by atoms with E-state index in [1.165, 1.54) is 12.1 Å². The molecule has 0 radical (unpaired) electrons. The van der Waals surface area contributed by atoms with Crippen LogP contribution in [0.4, 0.5) is 0 Å². The first-order valence-electron chi connectivity index (χ1n) is 4.73. The molecule has 16 heavy (non-hydrogen) atoms. The fourth-order valence-electron chi connectivity index (χ4n) is 1.25. The van der Waals surface area contributed by atoms with Crippen molar-refractivity contribution in [3.8, 4) is 0 Å². The molecule has 0 saturated carbocycles. The van der Waals surface area contributed by atoms with Gasteiger partial charge in [-0.15, -0.1) is 0 Å². The Labute approximate surface area is 94.4 Å². The van der Waals surface area contributed by atoms with Crippen LogP contribution in [0.5, 0.6) is 0 Å². The van der Waals surface area contributed by atoms with Crippen LogP contribution in [0.15, 0.2) is 35.2 Å². The number of benzene rings is 1. The first-order valence-corrected chi connectivity index (χ1v) is 6.17. The van der Waals surface area contributed by atoms with E-state index in [-0.39, 0.29) is 11.4 Å². The molecule has 1 rings (SSSR count). The normalized spacial score (nSPS) is 11.6. The molecule has 0 N–H and O–H groups in total. The van der Waals surface area contributed by atoms with Gasteiger partial charge >= 0.3 is 0 Å². The highest BCUT2D eigenvalue weighted by molar-refractivity contribution is 7.89. The van der Waals surface area contributed by atoms with Crippen LogP contribution in [-0.2, 0) is 14.8 Å². The van der Waals surface area contributed by atoms with Crippen molar-refractivity contribution in [2.75, 3.05) is 13.1 Å². The second kappa shape index (κ2) is 5.09. The number of nitrogens with zero attached hydrogens (tertiary/aromatic N) is 1. The molecule has 0 spiro atoms. The summed E-state index contributed by atoms with van der Waals surface area (Å²) in [5.74, 6) is -1.42. The minimum atomic E-state index is -3.73. The van der Waals surface area contributed by atoms with E-state index >= 15 is 0 Å². The summed E-state index contributed by atoms with van der Waals surface area (Å²) >= 11 is 0. The third kappa shape index (κ3) is 2.80. The van der Waals surface area contributed by atoms with Gasteiger partial charge in [-0.25, -0.2) is 8.42 Å². The minimum absolute atomic E-state index is 0.0816.